The number of rotatable bonds is 3. The van der Waals surface area contributed by atoms with Gasteiger partial charge in [-0.1, -0.05) is 6.07 Å². The lowest BCUT2D eigenvalue weighted by Crippen LogP contribution is -2.22. The third-order valence-corrected chi connectivity index (χ3v) is 2.46. The van der Waals surface area contributed by atoms with Crippen LogP contribution < -0.4 is 5.32 Å². The highest BCUT2D eigenvalue weighted by atomic mass is 16.3. The molecule has 0 aliphatic carbocycles. The zero-order valence-corrected chi connectivity index (χ0v) is 9.79. The van der Waals surface area contributed by atoms with E-state index < -0.39 is 5.91 Å². The second kappa shape index (κ2) is 4.79. The van der Waals surface area contributed by atoms with Crippen LogP contribution >= 0.6 is 0 Å². The van der Waals surface area contributed by atoms with Crippen LogP contribution in [0.5, 0.6) is 11.5 Å². The minimum Gasteiger partial charge on any atom is -0.507 e. The van der Waals surface area contributed by atoms with Gasteiger partial charge in [-0.2, -0.15) is 5.10 Å². The number of aromatic nitrogens is 2. The lowest BCUT2D eigenvalue weighted by Gasteiger charge is -2.07. The number of carbonyl (C=O) groups excluding carboxylic acids is 1. The summed E-state index contributed by atoms with van der Waals surface area (Å²) in [7, 11) is 1.78. The van der Waals surface area contributed by atoms with Crippen LogP contribution in [0.25, 0.3) is 0 Å². The third kappa shape index (κ3) is 2.42. The zero-order chi connectivity index (χ0) is 13.1. The van der Waals surface area contributed by atoms with E-state index in [-0.39, 0.29) is 23.6 Å². The number of nitrogens with zero attached hydrogens (tertiary/aromatic N) is 2. The van der Waals surface area contributed by atoms with Crippen LogP contribution in [-0.4, -0.2) is 25.9 Å². The number of phenolic OH excluding ortho intramolecular Hbond substituents is 2. The fourth-order valence-corrected chi connectivity index (χ4v) is 1.59. The summed E-state index contributed by atoms with van der Waals surface area (Å²) in [5.74, 6) is -1.04. The number of hydrogen-bond acceptors (Lipinski definition) is 4. The second-order valence-electron chi connectivity index (χ2n) is 3.88. The van der Waals surface area contributed by atoms with Gasteiger partial charge in [0, 0.05) is 25.4 Å². The van der Waals surface area contributed by atoms with Crippen LogP contribution in [0.4, 0.5) is 0 Å². The van der Waals surface area contributed by atoms with Gasteiger partial charge in [0.2, 0.25) is 0 Å². The molecule has 0 bridgehead atoms. The van der Waals surface area contributed by atoms with Gasteiger partial charge in [-0.25, -0.2) is 0 Å². The van der Waals surface area contributed by atoms with Crippen molar-refractivity contribution in [3.05, 3.63) is 41.7 Å². The molecule has 2 rings (SSSR count). The predicted molar refractivity (Wildman–Crippen MR) is 64.1 cm³/mol. The number of benzene rings is 1. The van der Waals surface area contributed by atoms with E-state index in [1.807, 2.05) is 0 Å². The van der Waals surface area contributed by atoms with Crippen molar-refractivity contribution < 1.29 is 15.0 Å². The minimum atomic E-state index is -0.533. The summed E-state index contributed by atoms with van der Waals surface area (Å²) in [4.78, 5) is 11.8. The summed E-state index contributed by atoms with van der Waals surface area (Å²) in [5, 5.41) is 25.6. The molecule has 0 saturated heterocycles. The number of nitrogens with one attached hydrogen (secondary N) is 1. The highest BCUT2D eigenvalue weighted by Crippen LogP contribution is 2.25. The molecule has 0 unspecified atom stereocenters. The Balaban J connectivity index is 2.08. The highest BCUT2D eigenvalue weighted by Gasteiger charge is 2.15. The summed E-state index contributed by atoms with van der Waals surface area (Å²) in [6, 6.07) is 4.15. The smallest absolute Gasteiger partial charge is 0.259 e. The Labute approximate surface area is 103 Å². The van der Waals surface area contributed by atoms with Gasteiger partial charge >= 0.3 is 0 Å². The fraction of sp³-hybridized carbons (Fsp3) is 0.167. The SMILES string of the molecule is Cn1cc(CNC(=O)c2c(O)cccc2O)cn1. The van der Waals surface area contributed by atoms with Crippen molar-refractivity contribution in [2.24, 2.45) is 7.05 Å². The van der Waals surface area contributed by atoms with Crippen molar-refractivity contribution in [2.45, 2.75) is 6.54 Å². The molecule has 6 nitrogen and oxygen atoms in total. The molecule has 1 aromatic heterocycles. The molecule has 0 aliphatic heterocycles. The average Bonchev–Trinajstić information content (AvgIpc) is 2.72. The number of carbonyl (C=O) groups is 1. The molecule has 0 radical (unpaired) electrons. The van der Waals surface area contributed by atoms with Crippen molar-refractivity contribution in [3.63, 3.8) is 0 Å². The van der Waals surface area contributed by atoms with E-state index in [0.29, 0.717) is 0 Å². The first-order valence-electron chi connectivity index (χ1n) is 5.34. The van der Waals surface area contributed by atoms with Crippen molar-refractivity contribution in [1.29, 1.82) is 0 Å². The summed E-state index contributed by atoms with van der Waals surface area (Å²) < 4.78 is 1.62. The summed E-state index contributed by atoms with van der Waals surface area (Å²) in [6.07, 6.45) is 3.40. The van der Waals surface area contributed by atoms with Gasteiger partial charge < -0.3 is 15.5 Å². The molecule has 0 fully saturated rings. The number of aromatic hydroxyl groups is 2. The Morgan fingerprint density at radius 2 is 2.06 bits per heavy atom. The third-order valence-electron chi connectivity index (χ3n) is 2.46. The molecule has 1 aromatic carbocycles. The Bertz CT molecular complexity index is 557. The molecule has 0 spiro atoms. The lowest BCUT2D eigenvalue weighted by molar-refractivity contribution is 0.0945. The van der Waals surface area contributed by atoms with Crippen molar-refractivity contribution >= 4 is 5.91 Å². The van der Waals surface area contributed by atoms with Crippen molar-refractivity contribution in [1.82, 2.24) is 15.1 Å². The highest BCUT2D eigenvalue weighted by molar-refractivity contribution is 5.99. The quantitative estimate of drug-likeness (QED) is 0.747. The van der Waals surface area contributed by atoms with E-state index >= 15 is 0 Å². The molecular weight excluding hydrogens is 234 g/mol. The normalized spacial score (nSPS) is 10.3. The van der Waals surface area contributed by atoms with E-state index in [1.54, 1.807) is 24.1 Å². The van der Waals surface area contributed by atoms with E-state index in [9.17, 15) is 15.0 Å². The second-order valence-corrected chi connectivity index (χ2v) is 3.88. The fourth-order valence-electron chi connectivity index (χ4n) is 1.59. The van der Waals surface area contributed by atoms with Crippen LogP contribution in [0.3, 0.4) is 0 Å². The number of amides is 1. The van der Waals surface area contributed by atoms with E-state index in [1.165, 1.54) is 18.2 Å². The first-order valence-corrected chi connectivity index (χ1v) is 5.34. The van der Waals surface area contributed by atoms with Crippen LogP contribution in [0.2, 0.25) is 0 Å². The monoisotopic (exact) mass is 247 g/mol. The maximum absolute atomic E-state index is 11.8. The molecule has 0 aliphatic rings. The first-order chi connectivity index (χ1) is 8.58. The maximum atomic E-state index is 11.8. The van der Waals surface area contributed by atoms with Gasteiger partial charge in [-0.3, -0.25) is 9.48 Å². The number of aryl methyl sites for hydroxylation is 1. The Morgan fingerprint density at radius 1 is 1.39 bits per heavy atom. The van der Waals surface area contributed by atoms with Gasteiger partial charge in [0.05, 0.1) is 6.20 Å². The van der Waals surface area contributed by atoms with Crippen LogP contribution in [0.15, 0.2) is 30.6 Å². The van der Waals surface area contributed by atoms with Crippen molar-refractivity contribution in [3.8, 4) is 11.5 Å². The average molecular weight is 247 g/mol. The summed E-state index contributed by atoms with van der Waals surface area (Å²) in [5.41, 5.74) is 0.710. The van der Waals surface area contributed by atoms with Gasteiger partial charge in [0.15, 0.2) is 0 Å². The van der Waals surface area contributed by atoms with E-state index in [4.69, 9.17) is 0 Å². The minimum absolute atomic E-state index is 0.124. The number of phenols is 2. The van der Waals surface area contributed by atoms with E-state index in [2.05, 4.69) is 10.4 Å². The summed E-state index contributed by atoms with van der Waals surface area (Å²) >= 11 is 0. The summed E-state index contributed by atoms with van der Waals surface area (Å²) in [6.45, 7) is 0.278. The first kappa shape index (κ1) is 12.0. The molecular formula is C12H13N3O3. The predicted octanol–water partition coefficient (Wildman–Crippen LogP) is 0.761. The Morgan fingerprint density at radius 3 is 2.61 bits per heavy atom. The molecule has 18 heavy (non-hydrogen) atoms. The largest absolute Gasteiger partial charge is 0.507 e. The zero-order valence-electron chi connectivity index (χ0n) is 9.79. The number of hydrogen-bond donors (Lipinski definition) is 3. The molecule has 1 amide bonds. The van der Waals surface area contributed by atoms with Crippen LogP contribution in [0.1, 0.15) is 15.9 Å². The molecule has 94 valence electrons. The lowest BCUT2D eigenvalue weighted by atomic mass is 10.1. The van der Waals surface area contributed by atoms with Gasteiger partial charge in [-0.05, 0) is 12.1 Å². The standard InChI is InChI=1S/C12H13N3O3/c1-15-7-8(6-14-15)5-13-12(18)11-9(16)3-2-4-10(11)17/h2-4,6-7,16-17H,5H2,1H3,(H,13,18). The molecule has 0 atom stereocenters. The molecule has 6 heteroatoms. The molecule has 0 saturated carbocycles. The molecule has 3 N–H and O–H groups in total. The van der Waals surface area contributed by atoms with Crippen LogP contribution in [0, 0.1) is 0 Å². The maximum Gasteiger partial charge on any atom is 0.259 e. The molecule has 1 heterocycles. The Hall–Kier alpha value is -2.50. The topological polar surface area (TPSA) is 87.4 Å². The van der Waals surface area contributed by atoms with Crippen molar-refractivity contribution in [2.75, 3.05) is 0 Å². The Kier molecular flexibility index (Phi) is 3.18. The van der Waals surface area contributed by atoms with Gasteiger partial charge in [-0.15, -0.1) is 0 Å². The van der Waals surface area contributed by atoms with Gasteiger partial charge in [0.25, 0.3) is 5.91 Å². The molecule has 2 aromatic rings. The van der Waals surface area contributed by atoms with Crippen LogP contribution in [-0.2, 0) is 13.6 Å². The van der Waals surface area contributed by atoms with E-state index in [0.717, 1.165) is 5.56 Å². The van der Waals surface area contributed by atoms with Gasteiger partial charge in [0.1, 0.15) is 17.1 Å².